The summed E-state index contributed by atoms with van der Waals surface area (Å²) in [6.45, 7) is 4.09. The fraction of sp³-hybridized carbons (Fsp3) is 0.147. The molecule has 43 heavy (non-hydrogen) atoms. The lowest BCUT2D eigenvalue weighted by atomic mass is 10.1. The summed E-state index contributed by atoms with van der Waals surface area (Å²) in [7, 11) is 0. The number of nitrogens with one attached hydrogen (secondary N) is 3. The second-order valence-corrected chi connectivity index (χ2v) is 11.1. The molecule has 1 aliphatic heterocycles. The van der Waals surface area contributed by atoms with Gasteiger partial charge in [-0.1, -0.05) is 61.0 Å². The molecule has 1 atom stereocenters. The number of carbonyl (C=O) groups is 3. The number of amides is 3. The van der Waals surface area contributed by atoms with Crippen molar-refractivity contribution in [3.8, 4) is 11.5 Å². The number of ether oxygens (including phenoxy) is 2. The number of rotatable bonds is 10. The highest BCUT2D eigenvalue weighted by atomic mass is 32.2. The summed E-state index contributed by atoms with van der Waals surface area (Å²) in [5.74, 6) is 0.234. The Hall–Kier alpha value is -5.02. The molecule has 3 N–H and O–H groups in total. The van der Waals surface area contributed by atoms with E-state index in [-0.39, 0.29) is 23.6 Å². The van der Waals surface area contributed by atoms with E-state index in [0.29, 0.717) is 34.9 Å². The number of aryl methyl sites for hydroxylation is 1. The summed E-state index contributed by atoms with van der Waals surface area (Å²) in [6, 6.07) is 28.9. The summed E-state index contributed by atoms with van der Waals surface area (Å²) < 4.78 is 10.7. The van der Waals surface area contributed by atoms with Crippen LogP contribution in [-0.2, 0) is 9.59 Å². The van der Waals surface area contributed by atoms with Crippen molar-refractivity contribution in [1.29, 1.82) is 0 Å². The Balaban J connectivity index is 1.29. The highest BCUT2D eigenvalue weighted by Gasteiger charge is 2.21. The minimum atomic E-state index is -0.473. The molecule has 0 aromatic heterocycles. The first kappa shape index (κ1) is 29.5. The minimum Gasteiger partial charge on any atom is -0.454 e. The highest BCUT2D eigenvalue weighted by molar-refractivity contribution is 8.00. The number of benzene rings is 4. The van der Waals surface area contributed by atoms with Crippen LogP contribution in [0.2, 0.25) is 0 Å². The average molecular weight is 594 g/mol. The van der Waals surface area contributed by atoms with Crippen molar-refractivity contribution in [3.05, 3.63) is 119 Å². The summed E-state index contributed by atoms with van der Waals surface area (Å²) in [5.41, 5.74) is 3.55. The molecule has 1 heterocycles. The van der Waals surface area contributed by atoms with E-state index in [2.05, 4.69) is 16.0 Å². The van der Waals surface area contributed by atoms with E-state index in [1.54, 1.807) is 54.6 Å². The zero-order chi connectivity index (χ0) is 30.2. The van der Waals surface area contributed by atoms with Gasteiger partial charge >= 0.3 is 0 Å². The van der Waals surface area contributed by atoms with Gasteiger partial charge in [-0.15, -0.1) is 11.8 Å². The maximum Gasteiger partial charge on any atom is 0.272 e. The minimum absolute atomic E-state index is 0.102. The molecule has 218 valence electrons. The Morgan fingerprint density at radius 3 is 2.35 bits per heavy atom. The van der Waals surface area contributed by atoms with E-state index < -0.39 is 11.8 Å². The van der Waals surface area contributed by atoms with E-state index in [1.165, 1.54) is 11.8 Å². The van der Waals surface area contributed by atoms with E-state index in [1.807, 2.05) is 62.4 Å². The molecule has 1 unspecified atom stereocenters. The standard InChI is InChI=1S/C34H31N3O5S/c1-3-31(34(40)36-26-16-17-29-30(20-26)42-21-41-29)43-27-11-7-10-25(19-27)35-33(39)28(18-23-14-12-22(2)13-15-23)37-32(38)24-8-5-4-6-9-24/h4-20,31H,3,21H2,1-2H3,(H,35,39)(H,36,40)(H,37,38)/b28-18-. The van der Waals surface area contributed by atoms with Crippen LogP contribution in [0.5, 0.6) is 11.5 Å². The molecule has 4 aromatic rings. The fourth-order valence-electron chi connectivity index (χ4n) is 4.30. The molecule has 5 rings (SSSR count). The number of fused-ring (bicyclic) bond motifs is 1. The second-order valence-electron chi connectivity index (χ2n) is 9.84. The van der Waals surface area contributed by atoms with Crippen LogP contribution in [0.3, 0.4) is 0 Å². The Morgan fingerprint density at radius 1 is 0.837 bits per heavy atom. The third-order valence-electron chi connectivity index (χ3n) is 6.59. The average Bonchev–Trinajstić information content (AvgIpc) is 3.49. The summed E-state index contributed by atoms with van der Waals surface area (Å²) >= 11 is 1.40. The molecule has 0 aliphatic carbocycles. The van der Waals surface area contributed by atoms with Gasteiger partial charge in [-0.3, -0.25) is 14.4 Å². The monoisotopic (exact) mass is 593 g/mol. The van der Waals surface area contributed by atoms with Crippen molar-refractivity contribution in [2.24, 2.45) is 0 Å². The molecule has 8 nitrogen and oxygen atoms in total. The largest absolute Gasteiger partial charge is 0.454 e. The molecule has 0 saturated heterocycles. The van der Waals surface area contributed by atoms with Gasteiger partial charge in [-0.2, -0.15) is 0 Å². The topological polar surface area (TPSA) is 106 Å². The van der Waals surface area contributed by atoms with Crippen molar-refractivity contribution in [2.45, 2.75) is 30.4 Å². The molecule has 0 saturated carbocycles. The van der Waals surface area contributed by atoms with Crippen LogP contribution in [0.15, 0.2) is 108 Å². The van der Waals surface area contributed by atoms with Gasteiger partial charge < -0.3 is 25.4 Å². The van der Waals surface area contributed by atoms with E-state index in [0.717, 1.165) is 16.0 Å². The fourth-order valence-corrected chi connectivity index (χ4v) is 5.31. The summed E-state index contributed by atoms with van der Waals surface area (Å²) in [5, 5.41) is 8.23. The molecule has 0 radical (unpaired) electrons. The van der Waals surface area contributed by atoms with Crippen molar-refractivity contribution in [3.63, 3.8) is 0 Å². The van der Waals surface area contributed by atoms with Gasteiger partial charge in [0.05, 0.1) is 5.25 Å². The van der Waals surface area contributed by atoms with Crippen LogP contribution in [0.1, 0.15) is 34.8 Å². The van der Waals surface area contributed by atoms with Crippen LogP contribution < -0.4 is 25.4 Å². The Bertz CT molecular complexity index is 1650. The van der Waals surface area contributed by atoms with Gasteiger partial charge in [0, 0.05) is 27.9 Å². The maximum atomic E-state index is 13.4. The molecule has 4 aromatic carbocycles. The van der Waals surface area contributed by atoms with Gasteiger partial charge in [0.15, 0.2) is 11.5 Å². The maximum absolute atomic E-state index is 13.4. The molecule has 1 aliphatic rings. The SMILES string of the molecule is CCC(Sc1cccc(NC(=O)/C(=C/c2ccc(C)cc2)NC(=O)c2ccccc2)c1)C(=O)Nc1ccc2c(c1)OCO2. The van der Waals surface area contributed by atoms with Gasteiger partial charge in [-0.05, 0) is 67.4 Å². The normalized spacial score (nSPS) is 12.7. The lowest BCUT2D eigenvalue weighted by molar-refractivity contribution is -0.116. The smallest absolute Gasteiger partial charge is 0.272 e. The first-order valence-corrected chi connectivity index (χ1v) is 14.7. The molecular formula is C34H31N3O5S. The molecule has 0 bridgehead atoms. The molecule has 3 amide bonds. The molecule has 0 spiro atoms. The van der Waals surface area contributed by atoms with E-state index in [9.17, 15) is 14.4 Å². The van der Waals surface area contributed by atoms with Crippen LogP contribution in [-0.4, -0.2) is 29.8 Å². The third kappa shape index (κ3) is 7.84. The van der Waals surface area contributed by atoms with Crippen molar-refractivity contribution < 1.29 is 23.9 Å². The predicted molar refractivity (Wildman–Crippen MR) is 169 cm³/mol. The van der Waals surface area contributed by atoms with Crippen molar-refractivity contribution in [2.75, 3.05) is 17.4 Å². The number of thioether (sulfide) groups is 1. The van der Waals surface area contributed by atoms with Gasteiger partial charge in [0.2, 0.25) is 12.7 Å². The lowest BCUT2D eigenvalue weighted by Gasteiger charge is -2.16. The van der Waals surface area contributed by atoms with Crippen LogP contribution >= 0.6 is 11.8 Å². The van der Waals surface area contributed by atoms with E-state index >= 15 is 0 Å². The Labute approximate surface area is 254 Å². The van der Waals surface area contributed by atoms with Crippen molar-refractivity contribution >= 4 is 46.9 Å². The number of hydrogen-bond acceptors (Lipinski definition) is 6. The first-order chi connectivity index (χ1) is 20.9. The zero-order valence-electron chi connectivity index (χ0n) is 23.8. The van der Waals surface area contributed by atoms with Crippen LogP contribution in [0.25, 0.3) is 6.08 Å². The third-order valence-corrected chi connectivity index (χ3v) is 7.95. The van der Waals surface area contributed by atoms with E-state index in [4.69, 9.17) is 9.47 Å². The van der Waals surface area contributed by atoms with Gasteiger partial charge in [0.25, 0.3) is 11.8 Å². The number of carbonyl (C=O) groups excluding carboxylic acids is 3. The second kappa shape index (κ2) is 13.8. The quantitative estimate of drug-likeness (QED) is 0.141. The predicted octanol–water partition coefficient (Wildman–Crippen LogP) is 6.64. The molecular weight excluding hydrogens is 562 g/mol. The Morgan fingerprint density at radius 2 is 1.58 bits per heavy atom. The molecule has 9 heteroatoms. The van der Waals surface area contributed by atoms with Crippen LogP contribution in [0, 0.1) is 6.92 Å². The number of anilines is 2. The van der Waals surface area contributed by atoms with Gasteiger partial charge in [-0.25, -0.2) is 0 Å². The van der Waals surface area contributed by atoms with Crippen LogP contribution in [0.4, 0.5) is 11.4 Å². The summed E-state index contributed by atoms with van der Waals surface area (Å²) in [4.78, 5) is 40.3. The lowest BCUT2D eigenvalue weighted by Crippen LogP contribution is -2.30. The highest BCUT2D eigenvalue weighted by Crippen LogP contribution is 2.35. The number of hydrogen-bond donors (Lipinski definition) is 3. The Kier molecular flexibility index (Phi) is 9.43. The summed E-state index contributed by atoms with van der Waals surface area (Å²) in [6.07, 6.45) is 2.23. The van der Waals surface area contributed by atoms with Gasteiger partial charge in [0.1, 0.15) is 5.70 Å². The van der Waals surface area contributed by atoms with Crippen molar-refractivity contribution in [1.82, 2.24) is 5.32 Å². The molecule has 0 fully saturated rings. The first-order valence-electron chi connectivity index (χ1n) is 13.8. The zero-order valence-corrected chi connectivity index (χ0v) is 24.6.